The van der Waals surface area contributed by atoms with E-state index in [9.17, 15) is 9.50 Å². The van der Waals surface area contributed by atoms with Crippen LogP contribution in [0.15, 0.2) is 24.4 Å². The zero-order valence-corrected chi connectivity index (χ0v) is 8.24. The highest BCUT2D eigenvalue weighted by atomic mass is 35.5. The first-order valence-electron chi connectivity index (χ1n) is 4.17. The van der Waals surface area contributed by atoms with Crippen LogP contribution in [0.1, 0.15) is 17.4 Å². The van der Waals surface area contributed by atoms with E-state index < -0.39 is 11.9 Å². The molecule has 0 aliphatic heterocycles. The molecule has 0 aliphatic carbocycles. The minimum Gasteiger partial charge on any atom is -0.382 e. The van der Waals surface area contributed by atoms with Gasteiger partial charge in [-0.05, 0) is 18.2 Å². The molecule has 78 valence electrons. The second-order valence-electron chi connectivity index (χ2n) is 2.96. The second-order valence-corrected chi connectivity index (χ2v) is 3.37. The SMILES string of the molecule is OC(c1cn[nH]n1)c1cc(F)ccc1Cl. The maximum atomic E-state index is 12.9. The molecule has 1 aromatic heterocycles. The van der Waals surface area contributed by atoms with Crippen LogP contribution in [0.2, 0.25) is 5.02 Å². The van der Waals surface area contributed by atoms with Gasteiger partial charge in [0.05, 0.1) is 6.20 Å². The van der Waals surface area contributed by atoms with Gasteiger partial charge in [-0.25, -0.2) is 4.39 Å². The van der Waals surface area contributed by atoms with Crippen molar-refractivity contribution in [2.75, 3.05) is 0 Å². The van der Waals surface area contributed by atoms with Gasteiger partial charge in [0.25, 0.3) is 0 Å². The molecular weight excluding hydrogens is 221 g/mol. The molecule has 0 aliphatic rings. The number of nitrogens with one attached hydrogen (secondary N) is 1. The molecule has 6 heteroatoms. The third kappa shape index (κ3) is 1.98. The number of aromatic amines is 1. The molecule has 15 heavy (non-hydrogen) atoms. The highest BCUT2D eigenvalue weighted by molar-refractivity contribution is 6.31. The topological polar surface area (TPSA) is 61.8 Å². The minimum atomic E-state index is -1.08. The number of hydrogen-bond donors (Lipinski definition) is 2. The van der Waals surface area contributed by atoms with Crippen LogP contribution in [0.3, 0.4) is 0 Å². The first kappa shape index (κ1) is 10.1. The molecular formula is C9H7ClFN3O. The van der Waals surface area contributed by atoms with Crippen LogP contribution in [0.4, 0.5) is 4.39 Å². The van der Waals surface area contributed by atoms with E-state index in [1.807, 2.05) is 0 Å². The predicted octanol–water partition coefficient (Wildman–Crippen LogP) is 1.68. The van der Waals surface area contributed by atoms with Crippen molar-refractivity contribution < 1.29 is 9.50 Å². The van der Waals surface area contributed by atoms with E-state index >= 15 is 0 Å². The summed E-state index contributed by atoms with van der Waals surface area (Å²) in [6.07, 6.45) is 0.276. The summed E-state index contributed by atoms with van der Waals surface area (Å²) in [7, 11) is 0. The lowest BCUT2D eigenvalue weighted by Crippen LogP contribution is -2.01. The van der Waals surface area contributed by atoms with E-state index in [0.717, 1.165) is 0 Å². The van der Waals surface area contributed by atoms with Gasteiger partial charge in [-0.3, -0.25) is 0 Å². The summed E-state index contributed by atoms with van der Waals surface area (Å²) in [4.78, 5) is 0. The van der Waals surface area contributed by atoms with Gasteiger partial charge in [-0.2, -0.15) is 15.4 Å². The van der Waals surface area contributed by atoms with Gasteiger partial charge in [0.1, 0.15) is 17.6 Å². The lowest BCUT2D eigenvalue weighted by molar-refractivity contribution is 0.215. The lowest BCUT2D eigenvalue weighted by atomic mass is 10.1. The van der Waals surface area contributed by atoms with Crippen molar-refractivity contribution in [3.8, 4) is 0 Å². The quantitative estimate of drug-likeness (QED) is 0.821. The first-order chi connectivity index (χ1) is 7.18. The summed E-state index contributed by atoms with van der Waals surface area (Å²) in [5.74, 6) is -0.461. The second kappa shape index (κ2) is 3.96. The van der Waals surface area contributed by atoms with Gasteiger partial charge in [0.2, 0.25) is 0 Å². The van der Waals surface area contributed by atoms with E-state index in [-0.39, 0.29) is 10.6 Å². The molecule has 1 unspecified atom stereocenters. The number of aliphatic hydroxyl groups excluding tert-OH is 1. The van der Waals surface area contributed by atoms with Gasteiger partial charge in [-0.15, -0.1) is 0 Å². The summed E-state index contributed by atoms with van der Waals surface area (Å²) in [5, 5.41) is 19.7. The van der Waals surface area contributed by atoms with Crippen LogP contribution in [0, 0.1) is 5.82 Å². The Balaban J connectivity index is 2.41. The van der Waals surface area contributed by atoms with E-state index in [4.69, 9.17) is 11.6 Å². The summed E-state index contributed by atoms with van der Waals surface area (Å²) < 4.78 is 12.9. The molecule has 4 nitrogen and oxygen atoms in total. The van der Waals surface area contributed by atoms with E-state index in [1.165, 1.54) is 24.4 Å². The van der Waals surface area contributed by atoms with Crippen LogP contribution >= 0.6 is 11.6 Å². The van der Waals surface area contributed by atoms with Crippen molar-refractivity contribution in [1.82, 2.24) is 15.4 Å². The van der Waals surface area contributed by atoms with Crippen LogP contribution in [0.25, 0.3) is 0 Å². The monoisotopic (exact) mass is 227 g/mol. The molecule has 1 atom stereocenters. The summed E-state index contributed by atoms with van der Waals surface area (Å²) in [6.45, 7) is 0. The zero-order chi connectivity index (χ0) is 10.8. The van der Waals surface area contributed by atoms with E-state index in [2.05, 4.69) is 15.4 Å². The highest BCUT2D eigenvalue weighted by Crippen LogP contribution is 2.27. The molecule has 0 saturated heterocycles. The molecule has 0 amide bonds. The third-order valence-corrected chi connectivity index (χ3v) is 2.31. The fourth-order valence-corrected chi connectivity index (χ4v) is 1.45. The Morgan fingerprint density at radius 3 is 2.93 bits per heavy atom. The smallest absolute Gasteiger partial charge is 0.126 e. The zero-order valence-electron chi connectivity index (χ0n) is 7.48. The van der Waals surface area contributed by atoms with Crippen molar-refractivity contribution in [2.24, 2.45) is 0 Å². The van der Waals surface area contributed by atoms with Gasteiger partial charge >= 0.3 is 0 Å². The Hall–Kier alpha value is -1.46. The van der Waals surface area contributed by atoms with Crippen LogP contribution in [-0.4, -0.2) is 20.5 Å². The number of aromatic nitrogens is 3. The summed E-state index contributed by atoms with van der Waals surface area (Å²) >= 11 is 5.82. The maximum absolute atomic E-state index is 12.9. The molecule has 2 rings (SSSR count). The van der Waals surface area contributed by atoms with Crippen molar-refractivity contribution >= 4 is 11.6 Å². The Labute approximate surface area is 89.7 Å². The van der Waals surface area contributed by atoms with Gasteiger partial charge in [0, 0.05) is 10.6 Å². The van der Waals surface area contributed by atoms with Crippen LogP contribution in [0.5, 0.6) is 0 Å². The average molecular weight is 228 g/mol. The number of nitrogens with zero attached hydrogens (tertiary/aromatic N) is 2. The highest BCUT2D eigenvalue weighted by Gasteiger charge is 2.16. The molecule has 0 spiro atoms. The van der Waals surface area contributed by atoms with Crippen molar-refractivity contribution in [3.63, 3.8) is 0 Å². The molecule has 0 bridgehead atoms. The largest absolute Gasteiger partial charge is 0.382 e. The van der Waals surface area contributed by atoms with E-state index in [0.29, 0.717) is 5.69 Å². The summed E-state index contributed by atoms with van der Waals surface area (Å²) in [5.41, 5.74) is 0.563. The number of benzene rings is 1. The van der Waals surface area contributed by atoms with Crippen molar-refractivity contribution in [2.45, 2.75) is 6.10 Å². The predicted molar refractivity (Wildman–Crippen MR) is 51.9 cm³/mol. The molecule has 0 saturated carbocycles. The third-order valence-electron chi connectivity index (χ3n) is 1.97. The molecule has 0 fully saturated rings. The number of aliphatic hydroxyl groups is 1. The molecule has 1 aromatic carbocycles. The van der Waals surface area contributed by atoms with Crippen LogP contribution < -0.4 is 0 Å². The van der Waals surface area contributed by atoms with E-state index in [1.54, 1.807) is 0 Å². The molecule has 2 aromatic rings. The van der Waals surface area contributed by atoms with Gasteiger partial charge in [-0.1, -0.05) is 11.6 Å². The van der Waals surface area contributed by atoms with Crippen molar-refractivity contribution in [1.29, 1.82) is 0 Å². The van der Waals surface area contributed by atoms with Gasteiger partial charge < -0.3 is 5.11 Å². The normalized spacial score (nSPS) is 12.7. The standard InChI is InChI=1S/C9H7ClFN3O/c10-7-2-1-5(11)3-6(7)9(15)8-4-12-14-13-8/h1-4,9,15H,(H,12,13,14). The number of hydrogen-bond acceptors (Lipinski definition) is 3. The Morgan fingerprint density at radius 2 is 2.27 bits per heavy atom. The number of H-pyrrole nitrogens is 1. The number of rotatable bonds is 2. The van der Waals surface area contributed by atoms with Crippen molar-refractivity contribution in [3.05, 3.63) is 46.5 Å². The Kier molecular flexibility index (Phi) is 2.66. The van der Waals surface area contributed by atoms with Crippen LogP contribution in [-0.2, 0) is 0 Å². The average Bonchev–Trinajstić information content (AvgIpc) is 2.74. The minimum absolute atomic E-state index is 0.269. The Bertz CT molecular complexity index is 460. The lowest BCUT2D eigenvalue weighted by Gasteiger charge is -2.09. The fourth-order valence-electron chi connectivity index (χ4n) is 1.23. The molecule has 1 heterocycles. The Morgan fingerprint density at radius 1 is 1.47 bits per heavy atom. The maximum Gasteiger partial charge on any atom is 0.126 e. The molecule has 2 N–H and O–H groups in total. The van der Waals surface area contributed by atoms with Gasteiger partial charge in [0.15, 0.2) is 0 Å². The summed E-state index contributed by atoms with van der Waals surface area (Å²) in [6, 6.07) is 3.78. The first-order valence-corrected chi connectivity index (χ1v) is 4.55. The number of halogens is 2. The molecule has 0 radical (unpaired) electrons. The fraction of sp³-hybridized carbons (Fsp3) is 0.111.